The number of aromatic amines is 1. The molecule has 1 aromatic heterocycles. The van der Waals surface area contributed by atoms with Crippen LogP contribution >= 0.6 is 10.7 Å². The number of nitrogens with zero attached hydrogens (tertiary/aromatic N) is 2. The molecular formula is C5H8ClN3O3S. The fourth-order valence-electron chi connectivity index (χ4n) is 0.918. The van der Waals surface area contributed by atoms with Gasteiger partial charge in [-0.1, -0.05) is 0 Å². The van der Waals surface area contributed by atoms with Crippen molar-refractivity contribution in [1.29, 1.82) is 0 Å². The van der Waals surface area contributed by atoms with Crippen LogP contribution in [0.2, 0.25) is 0 Å². The van der Waals surface area contributed by atoms with Gasteiger partial charge in [-0.25, -0.2) is 18.3 Å². The molecule has 0 unspecified atom stereocenters. The van der Waals surface area contributed by atoms with Crippen molar-refractivity contribution in [3.63, 3.8) is 0 Å². The molecular weight excluding hydrogens is 218 g/mol. The molecule has 6 nitrogen and oxygen atoms in total. The van der Waals surface area contributed by atoms with Gasteiger partial charge >= 0.3 is 5.69 Å². The van der Waals surface area contributed by atoms with Crippen LogP contribution in [-0.4, -0.2) is 23.2 Å². The second kappa shape index (κ2) is 3.15. The number of hydrogen-bond acceptors (Lipinski definition) is 4. The number of halogens is 1. The average molecular weight is 226 g/mol. The van der Waals surface area contributed by atoms with Gasteiger partial charge in [0, 0.05) is 16.7 Å². The first-order chi connectivity index (χ1) is 5.84. The number of H-pyrrole nitrogens is 1. The van der Waals surface area contributed by atoms with E-state index in [2.05, 4.69) is 5.10 Å². The Balaban J connectivity index is 3.50. The third-order valence-corrected chi connectivity index (χ3v) is 2.54. The molecule has 1 rings (SSSR count). The van der Waals surface area contributed by atoms with Gasteiger partial charge in [0.2, 0.25) is 0 Å². The lowest BCUT2D eigenvalue weighted by molar-refractivity contribution is 0.515. The van der Waals surface area contributed by atoms with E-state index in [4.69, 9.17) is 10.7 Å². The molecule has 0 aliphatic carbocycles. The molecule has 0 saturated carbocycles. The summed E-state index contributed by atoms with van der Waals surface area (Å²) in [5.41, 5.74) is -0.589. The summed E-state index contributed by atoms with van der Waals surface area (Å²) >= 11 is 0. The first-order valence-electron chi connectivity index (χ1n) is 3.45. The zero-order valence-electron chi connectivity index (χ0n) is 6.98. The van der Waals surface area contributed by atoms with Crippen LogP contribution in [0, 0.1) is 0 Å². The van der Waals surface area contributed by atoms with Crippen molar-refractivity contribution in [1.82, 2.24) is 14.8 Å². The van der Waals surface area contributed by atoms with Crippen molar-refractivity contribution in [2.24, 2.45) is 0 Å². The molecule has 0 aromatic carbocycles. The molecule has 1 heterocycles. The Morgan fingerprint density at radius 1 is 1.54 bits per heavy atom. The summed E-state index contributed by atoms with van der Waals surface area (Å²) in [6.07, 6.45) is 0. The highest BCUT2D eigenvalue weighted by Crippen LogP contribution is 2.13. The SMILES string of the molecule is CC(C)n1c(S(=O)(=O)Cl)n[nH]c1=O. The summed E-state index contributed by atoms with van der Waals surface area (Å²) in [5, 5.41) is 4.88. The molecule has 1 N–H and O–H groups in total. The van der Waals surface area contributed by atoms with Crippen LogP contribution < -0.4 is 5.69 Å². The summed E-state index contributed by atoms with van der Waals surface area (Å²) in [6.45, 7) is 3.31. The second-order valence-electron chi connectivity index (χ2n) is 2.71. The number of rotatable bonds is 2. The maximum Gasteiger partial charge on any atom is 0.344 e. The van der Waals surface area contributed by atoms with E-state index in [0.29, 0.717) is 0 Å². The summed E-state index contributed by atoms with van der Waals surface area (Å²) in [4.78, 5) is 11.0. The van der Waals surface area contributed by atoms with E-state index in [1.165, 1.54) is 0 Å². The molecule has 0 fully saturated rings. The number of nitrogens with one attached hydrogen (secondary N) is 1. The van der Waals surface area contributed by atoms with Gasteiger partial charge < -0.3 is 0 Å². The maximum absolute atomic E-state index is 11.0. The first-order valence-corrected chi connectivity index (χ1v) is 5.76. The molecule has 0 atom stereocenters. The van der Waals surface area contributed by atoms with E-state index >= 15 is 0 Å². The Kier molecular flexibility index (Phi) is 2.49. The van der Waals surface area contributed by atoms with Gasteiger partial charge in [-0.05, 0) is 13.8 Å². The van der Waals surface area contributed by atoms with Crippen molar-refractivity contribution in [3.05, 3.63) is 10.5 Å². The van der Waals surface area contributed by atoms with E-state index < -0.39 is 19.9 Å². The molecule has 0 radical (unpaired) electrons. The van der Waals surface area contributed by atoms with Crippen LogP contribution in [0.15, 0.2) is 9.95 Å². The van der Waals surface area contributed by atoms with Crippen molar-refractivity contribution < 1.29 is 8.42 Å². The highest BCUT2D eigenvalue weighted by Gasteiger charge is 2.21. The van der Waals surface area contributed by atoms with E-state index in [1.54, 1.807) is 13.8 Å². The largest absolute Gasteiger partial charge is 0.344 e. The van der Waals surface area contributed by atoms with Crippen LogP contribution in [0.5, 0.6) is 0 Å². The quantitative estimate of drug-likeness (QED) is 0.723. The maximum atomic E-state index is 11.0. The Bertz CT molecular complexity index is 458. The normalized spacial score (nSPS) is 12.3. The monoisotopic (exact) mass is 225 g/mol. The van der Waals surface area contributed by atoms with E-state index in [-0.39, 0.29) is 6.04 Å². The van der Waals surface area contributed by atoms with Gasteiger partial charge in [0.25, 0.3) is 14.2 Å². The predicted octanol–water partition coefficient (Wildman–Crippen LogP) is 0.0798. The second-order valence-corrected chi connectivity index (χ2v) is 5.17. The van der Waals surface area contributed by atoms with E-state index in [9.17, 15) is 13.2 Å². The Morgan fingerprint density at radius 3 is 2.38 bits per heavy atom. The summed E-state index contributed by atoms with van der Waals surface area (Å²) < 4.78 is 22.8. The summed E-state index contributed by atoms with van der Waals surface area (Å²) in [6, 6.07) is -0.310. The van der Waals surface area contributed by atoms with Gasteiger partial charge in [-0.15, -0.1) is 5.10 Å². The molecule has 0 aliphatic heterocycles. The van der Waals surface area contributed by atoms with Crippen molar-refractivity contribution in [2.45, 2.75) is 25.0 Å². The van der Waals surface area contributed by atoms with Crippen LogP contribution in [0.25, 0.3) is 0 Å². The smallest absolute Gasteiger partial charge is 0.262 e. The fraction of sp³-hybridized carbons (Fsp3) is 0.600. The van der Waals surface area contributed by atoms with Gasteiger partial charge in [0.1, 0.15) is 0 Å². The number of hydrogen-bond donors (Lipinski definition) is 1. The first kappa shape index (κ1) is 10.3. The minimum atomic E-state index is -3.96. The average Bonchev–Trinajstić information content (AvgIpc) is 2.28. The van der Waals surface area contributed by atoms with Gasteiger partial charge in [0.05, 0.1) is 0 Å². The summed E-state index contributed by atoms with van der Waals surface area (Å²) in [7, 11) is 1.09. The fourth-order valence-corrected chi connectivity index (χ4v) is 1.93. The molecule has 0 amide bonds. The van der Waals surface area contributed by atoms with Gasteiger partial charge in [-0.3, -0.25) is 4.57 Å². The molecule has 13 heavy (non-hydrogen) atoms. The van der Waals surface area contributed by atoms with Gasteiger partial charge in [0.15, 0.2) is 0 Å². The molecule has 0 bridgehead atoms. The molecule has 1 aromatic rings. The van der Waals surface area contributed by atoms with Crippen LogP contribution in [0.3, 0.4) is 0 Å². The van der Waals surface area contributed by atoms with Gasteiger partial charge in [-0.2, -0.15) is 0 Å². The van der Waals surface area contributed by atoms with E-state index in [1.807, 2.05) is 5.10 Å². The standard InChI is InChI=1S/C5H8ClN3O3S/c1-3(2)9-4(10)7-8-5(9)13(6,11)12/h3H,1-2H3,(H,7,10). The third kappa shape index (κ3) is 1.92. The lowest BCUT2D eigenvalue weighted by Gasteiger charge is -2.05. The topological polar surface area (TPSA) is 84.8 Å². The van der Waals surface area contributed by atoms with Crippen molar-refractivity contribution in [3.8, 4) is 0 Å². The third-order valence-electron chi connectivity index (χ3n) is 1.41. The highest BCUT2D eigenvalue weighted by atomic mass is 35.7. The minimum absolute atomic E-state index is 0.310. The zero-order valence-corrected chi connectivity index (χ0v) is 8.56. The van der Waals surface area contributed by atoms with Crippen molar-refractivity contribution in [2.75, 3.05) is 0 Å². The molecule has 8 heteroatoms. The number of aromatic nitrogens is 3. The predicted molar refractivity (Wildman–Crippen MR) is 46.3 cm³/mol. The molecule has 0 saturated heterocycles. The zero-order chi connectivity index (χ0) is 10.2. The van der Waals surface area contributed by atoms with E-state index in [0.717, 1.165) is 4.57 Å². The van der Waals surface area contributed by atoms with Crippen LogP contribution in [-0.2, 0) is 9.05 Å². The summed E-state index contributed by atoms with van der Waals surface area (Å²) in [5.74, 6) is 0. The lowest BCUT2D eigenvalue weighted by Crippen LogP contribution is -2.21. The van der Waals surface area contributed by atoms with Crippen LogP contribution in [0.4, 0.5) is 0 Å². The van der Waals surface area contributed by atoms with Crippen molar-refractivity contribution >= 4 is 19.7 Å². The molecule has 0 spiro atoms. The molecule has 0 aliphatic rings. The highest BCUT2D eigenvalue weighted by molar-refractivity contribution is 8.13. The Hall–Kier alpha value is -0.820. The minimum Gasteiger partial charge on any atom is -0.262 e. The lowest BCUT2D eigenvalue weighted by atomic mass is 10.4. The Labute approximate surface area is 78.9 Å². The van der Waals surface area contributed by atoms with Crippen LogP contribution in [0.1, 0.15) is 19.9 Å². The Morgan fingerprint density at radius 2 is 2.08 bits per heavy atom. The molecule has 74 valence electrons.